The van der Waals surface area contributed by atoms with Crippen LogP contribution in [0.4, 0.5) is 11.4 Å². The molecule has 0 saturated carbocycles. The number of furan rings is 1. The van der Waals surface area contributed by atoms with E-state index in [0.29, 0.717) is 53.6 Å². The van der Waals surface area contributed by atoms with Crippen LogP contribution in [0.1, 0.15) is 20.9 Å². The second-order valence-corrected chi connectivity index (χ2v) is 8.27. The maximum atomic E-state index is 13.0. The number of halogens is 1. The average molecular weight is 514 g/mol. The lowest BCUT2D eigenvalue weighted by Crippen LogP contribution is -2.48. The molecule has 0 aliphatic carbocycles. The van der Waals surface area contributed by atoms with Gasteiger partial charge in [-0.2, -0.15) is 0 Å². The summed E-state index contributed by atoms with van der Waals surface area (Å²) in [5, 5.41) is 2.82. The number of hydrogen-bond acceptors (Lipinski definition) is 6. The van der Waals surface area contributed by atoms with E-state index in [9.17, 15) is 9.59 Å². The Balaban J connectivity index is 1.35. The molecule has 0 radical (unpaired) electrons. The summed E-state index contributed by atoms with van der Waals surface area (Å²) >= 11 is 3.19. The van der Waals surface area contributed by atoms with Gasteiger partial charge in [-0.25, -0.2) is 0 Å². The highest BCUT2D eigenvalue weighted by atomic mass is 79.9. The molecule has 1 saturated heterocycles. The number of rotatable bonds is 6. The first-order chi connectivity index (χ1) is 16.0. The van der Waals surface area contributed by atoms with Gasteiger partial charge in [0, 0.05) is 49.2 Å². The van der Waals surface area contributed by atoms with Crippen LogP contribution in [-0.4, -0.2) is 57.1 Å². The molecule has 2 amide bonds. The number of hydrogen-bond donors (Lipinski definition) is 1. The largest absolute Gasteiger partial charge is 0.497 e. The number of benzene rings is 2. The fraction of sp³-hybridized carbons (Fsp3) is 0.250. The number of nitrogens with zero attached hydrogens (tertiary/aromatic N) is 2. The molecule has 1 N–H and O–H groups in total. The van der Waals surface area contributed by atoms with Crippen LogP contribution in [0.3, 0.4) is 0 Å². The number of ether oxygens (including phenoxy) is 2. The lowest BCUT2D eigenvalue weighted by molar-refractivity contribution is 0.0746. The van der Waals surface area contributed by atoms with Gasteiger partial charge in [-0.3, -0.25) is 9.59 Å². The normalized spacial score (nSPS) is 13.5. The summed E-state index contributed by atoms with van der Waals surface area (Å²) in [5.41, 5.74) is 2.25. The van der Waals surface area contributed by atoms with Crippen molar-refractivity contribution in [2.24, 2.45) is 0 Å². The molecule has 1 fully saturated rings. The van der Waals surface area contributed by atoms with E-state index >= 15 is 0 Å². The van der Waals surface area contributed by atoms with Crippen LogP contribution < -0.4 is 19.7 Å². The zero-order valence-electron chi connectivity index (χ0n) is 18.3. The first-order valence-electron chi connectivity index (χ1n) is 10.4. The minimum Gasteiger partial charge on any atom is -0.497 e. The van der Waals surface area contributed by atoms with Gasteiger partial charge in [0.2, 0.25) is 0 Å². The molecule has 2 heterocycles. The predicted octanol–water partition coefficient (Wildman–Crippen LogP) is 4.27. The van der Waals surface area contributed by atoms with E-state index in [0.717, 1.165) is 5.69 Å². The van der Waals surface area contributed by atoms with Crippen molar-refractivity contribution in [1.29, 1.82) is 0 Å². The first kappa shape index (κ1) is 22.7. The molecule has 4 rings (SSSR count). The third-order valence-electron chi connectivity index (χ3n) is 5.45. The molecule has 8 nitrogen and oxygen atoms in total. The Kier molecular flexibility index (Phi) is 6.88. The average Bonchev–Trinajstić information content (AvgIpc) is 3.30. The zero-order chi connectivity index (χ0) is 23.4. The minimum absolute atomic E-state index is 0.0468. The molecule has 3 aromatic rings. The standard InChI is InChI=1S/C24H24BrN3O5/c1-31-19-13-16(14-20(15-19)32-2)24(30)28-11-9-27(10-12-28)18-5-3-17(4-6-18)26-23(29)21-7-8-22(25)33-21/h3-8,13-15H,9-12H2,1-2H3,(H,26,29). The number of carbonyl (C=O) groups excluding carboxylic acids is 2. The van der Waals surface area contributed by atoms with Crippen molar-refractivity contribution in [2.45, 2.75) is 0 Å². The number of piperazine rings is 1. The van der Waals surface area contributed by atoms with Crippen LogP contribution in [0.5, 0.6) is 11.5 Å². The second-order valence-electron chi connectivity index (χ2n) is 7.49. The number of nitrogens with one attached hydrogen (secondary N) is 1. The van der Waals surface area contributed by atoms with E-state index in [2.05, 4.69) is 26.1 Å². The third-order valence-corrected chi connectivity index (χ3v) is 5.88. The molecule has 9 heteroatoms. The Morgan fingerprint density at radius 1 is 0.909 bits per heavy atom. The van der Waals surface area contributed by atoms with Crippen LogP contribution in [0.15, 0.2) is 63.7 Å². The van der Waals surface area contributed by atoms with Gasteiger partial charge in [0.15, 0.2) is 10.4 Å². The summed E-state index contributed by atoms with van der Waals surface area (Å²) in [7, 11) is 3.13. The van der Waals surface area contributed by atoms with E-state index in [-0.39, 0.29) is 17.6 Å². The monoisotopic (exact) mass is 513 g/mol. The molecule has 0 bridgehead atoms. The minimum atomic E-state index is -0.310. The van der Waals surface area contributed by atoms with Gasteiger partial charge in [0.1, 0.15) is 11.5 Å². The van der Waals surface area contributed by atoms with Crippen molar-refractivity contribution in [3.05, 3.63) is 70.6 Å². The molecular weight excluding hydrogens is 490 g/mol. The van der Waals surface area contributed by atoms with E-state index in [1.54, 1.807) is 44.6 Å². The maximum absolute atomic E-state index is 13.0. The van der Waals surface area contributed by atoms with Gasteiger partial charge in [-0.05, 0) is 64.5 Å². The Morgan fingerprint density at radius 3 is 2.09 bits per heavy atom. The van der Waals surface area contributed by atoms with Gasteiger partial charge in [-0.1, -0.05) is 0 Å². The topological polar surface area (TPSA) is 84.3 Å². The van der Waals surface area contributed by atoms with E-state index in [4.69, 9.17) is 13.9 Å². The molecular formula is C24H24BrN3O5. The number of anilines is 2. The zero-order valence-corrected chi connectivity index (χ0v) is 19.9. The van der Waals surface area contributed by atoms with Crippen molar-refractivity contribution in [2.75, 3.05) is 50.6 Å². The fourth-order valence-corrected chi connectivity index (χ4v) is 3.97. The number of amides is 2. The van der Waals surface area contributed by atoms with Gasteiger partial charge in [0.25, 0.3) is 11.8 Å². The van der Waals surface area contributed by atoms with E-state index < -0.39 is 0 Å². The first-order valence-corrected chi connectivity index (χ1v) is 11.2. The summed E-state index contributed by atoms with van der Waals surface area (Å²) in [6, 6.07) is 16.1. The number of methoxy groups -OCH3 is 2. The highest BCUT2D eigenvalue weighted by molar-refractivity contribution is 9.10. The van der Waals surface area contributed by atoms with E-state index in [1.165, 1.54) is 0 Å². The van der Waals surface area contributed by atoms with Gasteiger partial charge >= 0.3 is 0 Å². The molecule has 1 aromatic heterocycles. The van der Waals surface area contributed by atoms with Crippen LogP contribution in [0, 0.1) is 0 Å². The van der Waals surface area contributed by atoms with Crippen LogP contribution in [-0.2, 0) is 0 Å². The van der Waals surface area contributed by atoms with Crippen LogP contribution >= 0.6 is 15.9 Å². The maximum Gasteiger partial charge on any atom is 0.291 e. The molecule has 0 unspecified atom stereocenters. The summed E-state index contributed by atoms with van der Waals surface area (Å²) in [5.74, 6) is 1.05. The molecule has 0 atom stereocenters. The SMILES string of the molecule is COc1cc(OC)cc(C(=O)N2CCN(c3ccc(NC(=O)c4ccc(Br)o4)cc3)CC2)c1. The summed E-state index contributed by atoms with van der Waals surface area (Å²) in [6.45, 7) is 2.62. The summed E-state index contributed by atoms with van der Waals surface area (Å²) < 4.78 is 16.3. The molecule has 2 aromatic carbocycles. The van der Waals surface area contributed by atoms with Crippen molar-refractivity contribution in [1.82, 2.24) is 4.90 Å². The highest BCUT2D eigenvalue weighted by Gasteiger charge is 2.23. The van der Waals surface area contributed by atoms with Crippen molar-refractivity contribution in [3.63, 3.8) is 0 Å². The van der Waals surface area contributed by atoms with Gasteiger partial charge in [0.05, 0.1) is 14.2 Å². The second kappa shape index (κ2) is 9.99. The van der Waals surface area contributed by atoms with Crippen LogP contribution in [0.2, 0.25) is 0 Å². The third kappa shape index (κ3) is 5.31. The molecule has 1 aliphatic rings. The molecule has 33 heavy (non-hydrogen) atoms. The number of carbonyl (C=O) groups is 2. The fourth-order valence-electron chi connectivity index (χ4n) is 3.67. The quantitative estimate of drug-likeness (QED) is 0.529. The Labute approximate surface area is 200 Å². The summed E-state index contributed by atoms with van der Waals surface area (Å²) in [6.07, 6.45) is 0. The predicted molar refractivity (Wildman–Crippen MR) is 128 cm³/mol. The Morgan fingerprint density at radius 2 is 1.55 bits per heavy atom. The smallest absolute Gasteiger partial charge is 0.291 e. The lowest BCUT2D eigenvalue weighted by Gasteiger charge is -2.36. The van der Waals surface area contributed by atoms with Crippen molar-refractivity contribution in [3.8, 4) is 11.5 Å². The molecule has 0 spiro atoms. The van der Waals surface area contributed by atoms with Gasteiger partial charge < -0.3 is 29.0 Å². The lowest BCUT2D eigenvalue weighted by atomic mass is 10.1. The van der Waals surface area contributed by atoms with Gasteiger partial charge in [-0.15, -0.1) is 0 Å². The van der Waals surface area contributed by atoms with E-state index in [1.807, 2.05) is 29.2 Å². The Bertz CT molecular complexity index is 1120. The molecule has 172 valence electrons. The highest BCUT2D eigenvalue weighted by Crippen LogP contribution is 2.25. The molecule has 1 aliphatic heterocycles. The van der Waals surface area contributed by atoms with Crippen molar-refractivity contribution < 1.29 is 23.5 Å². The Hall–Kier alpha value is -3.46. The summed E-state index contributed by atoms with van der Waals surface area (Å²) in [4.78, 5) is 29.3. The van der Waals surface area contributed by atoms with Crippen molar-refractivity contribution >= 4 is 39.1 Å². The van der Waals surface area contributed by atoms with Crippen LogP contribution in [0.25, 0.3) is 0 Å².